The molecule has 3 heteroatoms. The number of nitrogens with one attached hydrogen (secondary N) is 1. The number of hydrogen-bond donors (Lipinski definition) is 1. The van der Waals surface area contributed by atoms with Gasteiger partial charge in [-0.3, -0.25) is 0 Å². The average Bonchev–Trinajstić information content (AvgIpc) is 2.75. The molecule has 88 valence electrons. The van der Waals surface area contributed by atoms with Crippen LogP contribution in [0.25, 0.3) is 0 Å². The molecular weight excluding hydrogens is 210 g/mol. The first-order valence-electron chi connectivity index (χ1n) is 6.16. The molecule has 0 spiro atoms. The average molecular weight is 227 g/mol. The van der Waals surface area contributed by atoms with Crippen LogP contribution in [0.3, 0.4) is 0 Å². The quantitative estimate of drug-likeness (QED) is 0.852. The van der Waals surface area contributed by atoms with Gasteiger partial charge in [-0.2, -0.15) is 0 Å². The fourth-order valence-electron chi connectivity index (χ4n) is 2.53. The number of imidazole rings is 1. The van der Waals surface area contributed by atoms with Gasteiger partial charge in [-0.25, -0.2) is 4.98 Å². The third-order valence-corrected chi connectivity index (χ3v) is 3.38. The normalized spacial score (nSPS) is 19.0. The van der Waals surface area contributed by atoms with Crippen LogP contribution in [0.2, 0.25) is 0 Å². The molecule has 0 saturated carbocycles. The fraction of sp³-hybridized carbons (Fsp3) is 0.357. The molecule has 2 aromatic rings. The molecule has 1 atom stereocenters. The summed E-state index contributed by atoms with van der Waals surface area (Å²) < 4.78 is 2.27. The van der Waals surface area contributed by atoms with Gasteiger partial charge < -0.3 is 9.88 Å². The molecule has 1 N–H and O–H groups in total. The van der Waals surface area contributed by atoms with E-state index in [2.05, 4.69) is 52.1 Å². The van der Waals surface area contributed by atoms with Crippen molar-refractivity contribution in [3.05, 3.63) is 53.6 Å². The first-order chi connectivity index (χ1) is 8.34. The lowest BCUT2D eigenvalue weighted by Crippen LogP contribution is -2.29. The maximum absolute atomic E-state index is 4.53. The summed E-state index contributed by atoms with van der Waals surface area (Å²) >= 11 is 0. The first kappa shape index (κ1) is 10.5. The molecule has 0 bridgehead atoms. The molecule has 0 saturated heterocycles. The summed E-state index contributed by atoms with van der Waals surface area (Å²) in [6, 6.07) is 10.9. The summed E-state index contributed by atoms with van der Waals surface area (Å²) in [5, 5.41) is 3.49. The van der Waals surface area contributed by atoms with Gasteiger partial charge in [0.25, 0.3) is 0 Å². The van der Waals surface area contributed by atoms with Crippen molar-refractivity contribution in [1.82, 2.24) is 14.9 Å². The summed E-state index contributed by atoms with van der Waals surface area (Å²) in [4.78, 5) is 4.53. The molecule has 0 aliphatic carbocycles. The smallest absolute Gasteiger partial charge is 0.0955 e. The lowest BCUT2D eigenvalue weighted by molar-refractivity contribution is 0.503. The van der Waals surface area contributed by atoms with Crippen molar-refractivity contribution in [3.63, 3.8) is 0 Å². The Morgan fingerprint density at radius 2 is 2.18 bits per heavy atom. The minimum atomic E-state index is 0.407. The molecule has 3 nitrogen and oxygen atoms in total. The van der Waals surface area contributed by atoms with E-state index in [1.165, 1.54) is 17.0 Å². The van der Waals surface area contributed by atoms with E-state index in [-0.39, 0.29) is 0 Å². The van der Waals surface area contributed by atoms with Crippen LogP contribution in [0.5, 0.6) is 0 Å². The van der Waals surface area contributed by atoms with Crippen molar-refractivity contribution in [2.24, 2.45) is 0 Å². The van der Waals surface area contributed by atoms with Crippen LogP contribution < -0.4 is 5.32 Å². The largest absolute Gasteiger partial charge is 0.328 e. The van der Waals surface area contributed by atoms with Gasteiger partial charge in [-0.05, 0) is 12.5 Å². The van der Waals surface area contributed by atoms with Crippen molar-refractivity contribution >= 4 is 0 Å². The Bertz CT molecular complexity index is 501. The predicted molar refractivity (Wildman–Crippen MR) is 67.9 cm³/mol. The van der Waals surface area contributed by atoms with Crippen LogP contribution in [-0.2, 0) is 13.0 Å². The van der Waals surface area contributed by atoms with Crippen LogP contribution in [-0.4, -0.2) is 16.1 Å². The van der Waals surface area contributed by atoms with Crippen molar-refractivity contribution < 1.29 is 0 Å². The van der Waals surface area contributed by atoms with E-state index >= 15 is 0 Å². The molecule has 1 aliphatic rings. The highest BCUT2D eigenvalue weighted by molar-refractivity contribution is 5.23. The maximum atomic E-state index is 4.53. The molecule has 0 amide bonds. The van der Waals surface area contributed by atoms with Crippen molar-refractivity contribution in [1.29, 1.82) is 0 Å². The Morgan fingerprint density at radius 1 is 1.35 bits per heavy atom. The Morgan fingerprint density at radius 3 is 3.00 bits per heavy atom. The zero-order chi connectivity index (χ0) is 11.7. The maximum Gasteiger partial charge on any atom is 0.0955 e. The number of benzene rings is 1. The van der Waals surface area contributed by atoms with Gasteiger partial charge in [0.15, 0.2) is 0 Å². The Hall–Kier alpha value is -1.61. The molecule has 1 unspecified atom stereocenters. The lowest BCUT2D eigenvalue weighted by Gasteiger charge is -2.22. The minimum absolute atomic E-state index is 0.407. The van der Waals surface area contributed by atoms with E-state index in [0.717, 1.165) is 19.5 Å². The van der Waals surface area contributed by atoms with Gasteiger partial charge in [0.2, 0.25) is 0 Å². The van der Waals surface area contributed by atoms with E-state index < -0.39 is 0 Å². The van der Waals surface area contributed by atoms with E-state index in [0.29, 0.717) is 6.04 Å². The SMILES string of the molecule is CC1NCCc2ncn(Cc3ccccc3)c21. The van der Waals surface area contributed by atoms with Crippen molar-refractivity contribution in [2.75, 3.05) is 6.54 Å². The van der Waals surface area contributed by atoms with Crippen molar-refractivity contribution in [3.8, 4) is 0 Å². The summed E-state index contributed by atoms with van der Waals surface area (Å²) in [5.41, 5.74) is 3.93. The van der Waals surface area contributed by atoms with E-state index in [1.54, 1.807) is 0 Å². The Balaban J connectivity index is 1.92. The van der Waals surface area contributed by atoms with E-state index in [4.69, 9.17) is 0 Å². The molecular formula is C14H17N3. The second-order valence-corrected chi connectivity index (χ2v) is 4.62. The standard InChI is InChI=1S/C14H17N3/c1-11-14-13(7-8-15-11)16-10-17(14)9-12-5-3-2-4-6-12/h2-6,10-11,15H,7-9H2,1H3. The number of fused-ring (bicyclic) bond motifs is 1. The summed E-state index contributed by atoms with van der Waals surface area (Å²) in [6.45, 7) is 4.16. The molecule has 1 aliphatic heterocycles. The van der Waals surface area contributed by atoms with Crippen LogP contribution in [0.4, 0.5) is 0 Å². The zero-order valence-electron chi connectivity index (χ0n) is 10.1. The van der Waals surface area contributed by atoms with Gasteiger partial charge >= 0.3 is 0 Å². The summed E-state index contributed by atoms with van der Waals surface area (Å²) in [5.74, 6) is 0. The van der Waals surface area contributed by atoms with Crippen LogP contribution in [0.1, 0.15) is 29.9 Å². The number of aromatic nitrogens is 2. The fourth-order valence-corrected chi connectivity index (χ4v) is 2.53. The second-order valence-electron chi connectivity index (χ2n) is 4.62. The molecule has 17 heavy (non-hydrogen) atoms. The highest BCUT2D eigenvalue weighted by Crippen LogP contribution is 2.22. The first-order valence-corrected chi connectivity index (χ1v) is 6.16. The van der Waals surface area contributed by atoms with Crippen molar-refractivity contribution in [2.45, 2.75) is 25.9 Å². The molecule has 2 heterocycles. The third-order valence-electron chi connectivity index (χ3n) is 3.38. The predicted octanol–water partition coefficient (Wildman–Crippen LogP) is 2.14. The third kappa shape index (κ3) is 1.98. The monoisotopic (exact) mass is 227 g/mol. The molecule has 1 aromatic carbocycles. The number of hydrogen-bond acceptors (Lipinski definition) is 2. The zero-order valence-corrected chi connectivity index (χ0v) is 10.1. The Labute approximate surface area is 101 Å². The van der Waals surface area contributed by atoms with E-state index in [9.17, 15) is 0 Å². The second kappa shape index (κ2) is 4.34. The van der Waals surface area contributed by atoms with Gasteiger partial charge in [-0.1, -0.05) is 30.3 Å². The number of rotatable bonds is 2. The van der Waals surface area contributed by atoms with Gasteiger partial charge in [0, 0.05) is 25.6 Å². The summed E-state index contributed by atoms with van der Waals surface area (Å²) in [7, 11) is 0. The number of nitrogens with zero attached hydrogens (tertiary/aromatic N) is 2. The molecule has 0 radical (unpaired) electrons. The molecule has 0 fully saturated rings. The topological polar surface area (TPSA) is 29.9 Å². The highest BCUT2D eigenvalue weighted by atomic mass is 15.1. The minimum Gasteiger partial charge on any atom is -0.328 e. The Kier molecular flexibility index (Phi) is 2.69. The van der Waals surface area contributed by atoms with Gasteiger partial charge in [-0.15, -0.1) is 0 Å². The van der Waals surface area contributed by atoms with Crippen LogP contribution in [0, 0.1) is 0 Å². The van der Waals surface area contributed by atoms with Crippen LogP contribution in [0.15, 0.2) is 36.7 Å². The highest BCUT2D eigenvalue weighted by Gasteiger charge is 2.20. The van der Waals surface area contributed by atoms with Gasteiger partial charge in [0.1, 0.15) is 0 Å². The van der Waals surface area contributed by atoms with Gasteiger partial charge in [0.05, 0.1) is 17.7 Å². The van der Waals surface area contributed by atoms with Crippen LogP contribution >= 0.6 is 0 Å². The lowest BCUT2D eigenvalue weighted by atomic mass is 10.1. The summed E-state index contributed by atoms with van der Waals surface area (Å²) in [6.07, 6.45) is 3.02. The molecule has 3 rings (SSSR count). The molecule has 1 aromatic heterocycles. The van der Waals surface area contributed by atoms with E-state index in [1.807, 2.05) is 6.33 Å².